The fourth-order valence-electron chi connectivity index (χ4n) is 3.88. The number of anilines is 1. The standard InChI is InChI=1S/C25H27N3O4S/c1-4-28-23-8-6-5-7-21(23)22-15-19(11-14-24(22)28)26-25(29)17-32-20-12-9-18(10-13-20)16-27(2)33(3,30)31/h5-15H,4,16-17H2,1-3H3,(H,26,29). The molecule has 1 aromatic heterocycles. The Hall–Kier alpha value is -3.36. The molecular formula is C25H27N3O4S. The lowest BCUT2D eigenvalue weighted by atomic mass is 10.1. The predicted octanol–water partition coefficient (Wildman–Crippen LogP) is 4.22. The summed E-state index contributed by atoms with van der Waals surface area (Å²) in [5.41, 5.74) is 3.86. The van der Waals surface area contributed by atoms with Crippen LogP contribution in [0.1, 0.15) is 12.5 Å². The SMILES string of the molecule is CCn1c2ccccc2c2cc(NC(=O)COc3ccc(CN(C)S(C)(=O)=O)cc3)ccc21. The van der Waals surface area contributed by atoms with Crippen molar-refractivity contribution in [3.05, 3.63) is 72.3 Å². The van der Waals surface area contributed by atoms with Gasteiger partial charge in [-0.15, -0.1) is 0 Å². The third kappa shape index (κ3) is 5.02. The number of carbonyl (C=O) groups is 1. The summed E-state index contributed by atoms with van der Waals surface area (Å²) in [7, 11) is -1.71. The van der Waals surface area contributed by atoms with Crippen LogP contribution in [0.3, 0.4) is 0 Å². The average molecular weight is 466 g/mol. The maximum Gasteiger partial charge on any atom is 0.262 e. The van der Waals surface area contributed by atoms with Gasteiger partial charge in [-0.05, 0) is 48.9 Å². The van der Waals surface area contributed by atoms with Crippen LogP contribution in [0.25, 0.3) is 21.8 Å². The number of nitrogens with zero attached hydrogens (tertiary/aromatic N) is 2. The van der Waals surface area contributed by atoms with Crippen LogP contribution in [0, 0.1) is 0 Å². The molecule has 0 spiro atoms. The summed E-state index contributed by atoms with van der Waals surface area (Å²) in [6.07, 6.45) is 1.17. The summed E-state index contributed by atoms with van der Waals surface area (Å²) < 4.78 is 32.2. The van der Waals surface area contributed by atoms with Gasteiger partial charge in [-0.3, -0.25) is 4.79 Å². The van der Waals surface area contributed by atoms with Crippen LogP contribution in [0.5, 0.6) is 5.75 Å². The van der Waals surface area contributed by atoms with E-state index in [1.165, 1.54) is 23.1 Å². The van der Waals surface area contributed by atoms with E-state index < -0.39 is 10.0 Å². The van der Waals surface area contributed by atoms with Crippen molar-refractivity contribution in [1.82, 2.24) is 8.87 Å². The van der Waals surface area contributed by atoms with E-state index in [1.54, 1.807) is 24.3 Å². The number of sulfonamides is 1. The van der Waals surface area contributed by atoms with Gasteiger partial charge in [0.05, 0.1) is 6.26 Å². The van der Waals surface area contributed by atoms with Crippen molar-refractivity contribution in [1.29, 1.82) is 0 Å². The van der Waals surface area contributed by atoms with Crippen LogP contribution in [-0.4, -0.2) is 43.1 Å². The molecular weight excluding hydrogens is 438 g/mol. The van der Waals surface area contributed by atoms with Crippen LogP contribution >= 0.6 is 0 Å². The molecule has 3 aromatic carbocycles. The number of ether oxygens (including phenoxy) is 1. The minimum absolute atomic E-state index is 0.128. The average Bonchev–Trinajstić information content (AvgIpc) is 3.11. The molecule has 0 aliphatic carbocycles. The Kier molecular flexibility index (Phi) is 6.40. The van der Waals surface area contributed by atoms with Crippen molar-refractivity contribution in [2.24, 2.45) is 0 Å². The van der Waals surface area contributed by atoms with Crippen molar-refractivity contribution in [3.63, 3.8) is 0 Å². The number of hydrogen-bond donors (Lipinski definition) is 1. The number of benzene rings is 3. The first-order chi connectivity index (χ1) is 15.8. The fourth-order valence-corrected chi connectivity index (χ4v) is 4.27. The molecule has 0 saturated heterocycles. The number of nitrogens with one attached hydrogen (secondary N) is 1. The lowest BCUT2D eigenvalue weighted by Gasteiger charge is -2.14. The van der Waals surface area contributed by atoms with Gasteiger partial charge >= 0.3 is 0 Å². The fraction of sp³-hybridized carbons (Fsp3) is 0.240. The summed E-state index contributed by atoms with van der Waals surface area (Å²) in [6, 6.07) is 21.2. The van der Waals surface area contributed by atoms with Gasteiger partial charge < -0.3 is 14.6 Å². The Morgan fingerprint density at radius 3 is 2.39 bits per heavy atom. The molecule has 8 heteroatoms. The highest BCUT2D eigenvalue weighted by molar-refractivity contribution is 7.88. The highest BCUT2D eigenvalue weighted by atomic mass is 32.2. The minimum Gasteiger partial charge on any atom is -0.484 e. The molecule has 0 atom stereocenters. The second-order valence-electron chi connectivity index (χ2n) is 7.99. The number of aromatic nitrogens is 1. The zero-order valence-corrected chi connectivity index (χ0v) is 19.7. The highest BCUT2D eigenvalue weighted by Crippen LogP contribution is 2.31. The van der Waals surface area contributed by atoms with Crippen LogP contribution < -0.4 is 10.1 Å². The van der Waals surface area contributed by atoms with Crippen molar-refractivity contribution in [2.75, 3.05) is 25.2 Å². The van der Waals surface area contributed by atoms with E-state index in [0.29, 0.717) is 11.4 Å². The van der Waals surface area contributed by atoms with Crippen molar-refractivity contribution in [2.45, 2.75) is 20.0 Å². The Labute approximate surface area is 193 Å². The third-order valence-electron chi connectivity index (χ3n) is 5.64. The number of para-hydroxylation sites is 1. The van der Waals surface area contributed by atoms with Crippen LogP contribution in [0.2, 0.25) is 0 Å². The van der Waals surface area contributed by atoms with Gasteiger partial charge in [-0.2, -0.15) is 0 Å². The number of rotatable bonds is 8. The van der Waals surface area contributed by atoms with E-state index in [4.69, 9.17) is 4.74 Å². The highest BCUT2D eigenvalue weighted by Gasteiger charge is 2.12. The van der Waals surface area contributed by atoms with Crippen LogP contribution in [0.15, 0.2) is 66.7 Å². The molecule has 4 rings (SSSR count). The molecule has 33 heavy (non-hydrogen) atoms. The second kappa shape index (κ2) is 9.25. The normalized spacial score (nSPS) is 11.9. The van der Waals surface area contributed by atoms with Gasteiger partial charge in [-0.25, -0.2) is 12.7 Å². The molecule has 0 radical (unpaired) electrons. The molecule has 4 aromatic rings. The molecule has 0 unspecified atom stereocenters. The topological polar surface area (TPSA) is 80.6 Å². The van der Waals surface area contributed by atoms with Gasteiger partial charge in [0.15, 0.2) is 6.61 Å². The minimum atomic E-state index is -3.24. The first-order valence-corrected chi connectivity index (χ1v) is 12.5. The Balaban J connectivity index is 1.40. The molecule has 0 saturated carbocycles. The number of fused-ring (bicyclic) bond motifs is 3. The Morgan fingerprint density at radius 1 is 1.00 bits per heavy atom. The number of hydrogen-bond acceptors (Lipinski definition) is 4. The monoisotopic (exact) mass is 465 g/mol. The molecule has 0 bridgehead atoms. The summed E-state index contributed by atoms with van der Waals surface area (Å²) in [5.74, 6) is 0.284. The van der Waals surface area contributed by atoms with Crippen LogP contribution in [0.4, 0.5) is 5.69 Å². The Morgan fingerprint density at radius 2 is 1.70 bits per heavy atom. The number of amides is 1. The summed E-state index contributed by atoms with van der Waals surface area (Å²) in [5, 5.41) is 5.16. The zero-order chi connectivity index (χ0) is 23.6. The van der Waals surface area contributed by atoms with E-state index in [1.807, 2.05) is 30.3 Å². The van der Waals surface area contributed by atoms with Crippen molar-refractivity contribution in [3.8, 4) is 5.75 Å². The molecule has 1 N–H and O–H groups in total. The summed E-state index contributed by atoms with van der Waals surface area (Å²) in [6.45, 7) is 3.14. The quantitative estimate of drug-likeness (QED) is 0.422. The van der Waals surface area contributed by atoms with E-state index in [0.717, 1.165) is 28.4 Å². The van der Waals surface area contributed by atoms with E-state index in [-0.39, 0.29) is 19.1 Å². The largest absolute Gasteiger partial charge is 0.484 e. The second-order valence-corrected chi connectivity index (χ2v) is 10.1. The molecule has 1 heterocycles. The molecule has 172 valence electrons. The third-order valence-corrected chi connectivity index (χ3v) is 6.90. The molecule has 0 aliphatic rings. The van der Waals surface area contributed by atoms with Gasteiger partial charge in [0, 0.05) is 47.6 Å². The number of carbonyl (C=O) groups excluding carboxylic acids is 1. The summed E-state index contributed by atoms with van der Waals surface area (Å²) in [4.78, 5) is 12.5. The van der Waals surface area contributed by atoms with E-state index in [2.05, 4.69) is 28.9 Å². The van der Waals surface area contributed by atoms with Gasteiger partial charge in [0.25, 0.3) is 5.91 Å². The van der Waals surface area contributed by atoms with E-state index >= 15 is 0 Å². The van der Waals surface area contributed by atoms with E-state index in [9.17, 15) is 13.2 Å². The smallest absolute Gasteiger partial charge is 0.262 e. The predicted molar refractivity (Wildman–Crippen MR) is 132 cm³/mol. The zero-order valence-electron chi connectivity index (χ0n) is 18.9. The first-order valence-electron chi connectivity index (χ1n) is 10.7. The first kappa shape index (κ1) is 22.8. The lowest BCUT2D eigenvalue weighted by Crippen LogP contribution is -2.24. The van der Waals surface area contributed by atoms with Crippen molar-refractivity contribution >= 4 is 43.4 Å². The Bertz CT molecular complexity index is 1410. The molecule has 0 fully saturated rings. The maximum absolute atomic E-state index is 12.5. The number of aryl methyl sites for hydroxylation is 1. The lowest BCUT2D eigenvalue weighted by molar-refractivity contribution is -0.118. The maximum atomic E-state index is 12.5. The molecule has 0 aliphatic heterocycles. The van der Waals surface area contributed by atoms with Crippen LogP contribution in [-0.2, 0) is 27.9 Å². The van der Waals surface area contributed by atoms with Crippen molar-refractivity contribution < 1.29 is 17.9 Å². The molecule has 7 nitrogen and oxygen atoms in total. The molecule has 1 amide bonds. The summed E-state index contributed by atoms with van der Waals surface area (Å²) >= 11 is 0. The van der Waals surface area contributed by atoms with Gasteiger partial charge in [0.1, 0.15) is 5.75 Å². The van der Waals surface area contributed by atoms with Gasteiger partial charge in [-0.1, -0.05) is 30.3 Å². The van der Waals surface area contributed by atoms with Gasteiger partial charge in [0.2, 0.25) is 10.0 Å².